The number of aryl methyl sites for hydroxylation is 1. The molecule has 1 saturated heterocycles. The minimum atomic E-state index is -0.267. The second-order valence-electron chi connectivity index (χ2n) is 12.4. The molecule has 47 heavy (non-hydrogen) atoms. The van der Waals surface area contributed by atoms with Crippen LogP contribution in [0.1, 0.15) is 64.2 Å². The maximum absolute atomic E-state index is 13.7. The molecule has 1 aromatic heterocycles. The summed E-state index contributed by atoms with van der Waals surface area (Å²) in [7, 11) is 0. The normalized spacial score (nSPS) is 14.7. The smallest absolute Gasteiger partial charge is 0.253 e. The van der Waals surface area contributed by atoms with Crippen molar-refractivity contribution in [1.82, 2.24) is 20.9 Å². The first-order valence-corrected chi connectivity index (χ1v) is 16.6. The van der Waals surface area contributed by atoms with Crippen molar-refractivity contribution in [2.45, 2.75) is 51.7 Å². The molecule has 8 nitrogen and oxygen atoms in total. The molecule has 0 saturated carbocycles. The Labute approximate surface area is 282 Å². The molecule has 0 radical (unpaired) electrons. The van der Waals surface area contributed by atoms with Crippen molar-refractivity contribution < 1.29 is 14.0 Å². The molecule has 0 spiro atoms. The van der Waals surface area contributed by atoms with E-state index in [1.54, 1.807) is 24.3 Å². The zero-order chi connectivity index (χ0) is 33.2. The molecule has 1 fully saturated rings. The molecule has 0 aliphatic carbocycles. The van der Waals surface area contributed by atoms with Gasteiger partial charge in [0.15, 0.2) is 0 Å². The van der Waals surface area contributed by atoms with E-state index in [2.05, 4.69) is 60.1 Å². The van der Waals surface area contributed by atoms with Gasteiger partial charge in [0.1, 0.15) is 11.5 Å². The lowest BCUT2D eigenvalue weighted by Crippen LogP contribution is -2.45. The van der Waals surface area contributed by atoms with Crippen LogP contribution >= 0.6 is 11.6 Å². The average molecular weight is 652 g/mol. The first-order chi connectivity index (χ1) is 22.8. The largest absolute Gasteiger partial charge is 0.460 e. The molecule has 0 bridgehead atoms. The lowest BCUT2D eigenvalue weighted by molar-refractivity contribution is -0.119. The van der Waals surface area contributed by atoms with E-state index in [4.69, 9.17) is 16.0 Å². The van der Waals surface area contributed by atoms with E-state index in [0.29, 0.717) is 47.3 Å². The minimum Gasteiger partial charge on any atom is -0.460 e. The molecule has 3 N–H and O–H groups in total. The summed E-state index contributed by atoms with van der Waals surface area (Å²) in [5, 5.41) is 19.8. The summed E-state index contributed by atoms with van der Waals surface area (Å²) >= 11 is 6.57. The van der Waals surface area contributed by atoms with Gasteiger partial charge in [-0.2, -0.15) is 5.26 Å². The van der Waals surface area contributed by atoms with Crippen LogP contribution in [-0.4, -0.2) is 49.4 Å². The number of hydrogen-bond acceptors (Lipinski definition) is 6. The van der Waals surface area contributed by atoms with Gasteiger partial charge in [0.2, 0.25) is 6.41 Å². The van der Waals surface area contributed by atoms with E-state index in [-0.39, 0.29) is 18.0 Å². The van der Waals surface area contributed by atoms with Gasteiger partial charge >= 0.3 is 0 Å². The Morgan fingerprint density at radius 2 is 1.81 bits per heavy atom. The Balaban J connectivity index is 1.23. The molecule has 2 amide bonds. The van der Waals surface area contributed by atoms with E-state index in [0.717, 1.165) is 55.8 Å². The minimum absolute atomic E-state index is 0.164. The van der Waals surface area contributed by atoms with E-state index < -0.39 is 0 Å². The van der Waals surface area contributed by atoms with Crippen molar-refractivity contribution in [3.05, 3.63) is 117 Å². The molecular weight excluding hydrogens is 610 g/mol. The van der Waals surface area contributed by atoms with Crippen LogP contribution in [0.15, 0.2) is 83.3 Å². The molecule has 1 unspecified atom stereocenters. The number of hydrogen-bond donors (Lipinski definition) is 3. The third-order valence-electron chi connectivity index (χ3n) is 8.84. The van der Waals surface area contributed by atoms with E-state index in [1.807, 2.05) is 35.2 Å². The van der Waals surface area contributed by atoms with Gasteiger partial charge in [-0.3, -0.25) is 9.59 Å². The number of halogens is 1. The highest BCUT2D eigenvalue weighted by Gasteiger charge is 2.21. The zero-order valence-corrected chi connectivity index (χ0v) is 27.7. The summed E-state index contributed by atoms with van der Waals surface area (Å²) in [5.74, 6) is 1.66. The monoisotopic (exact) mass is 651 g/mol. The third-order valence-corrected chi connectivity index (χ3v) is 9.17. The van der Waals surface area contributed by atoms with Crippen LogP contribution in [0.3, 0.4) is 0 Å². The number of carbonyl (C=O) groups is 2. The van der Waals surface area contributed by atoms with Crippen molar-refractivity contribution >= 4 is 23.9 Å². The van der Waals surface area contributed by atoms with Crippen LogP contribution in [0.4, 0.5) is 0 Å². The third kappa shape index (κ3) is 9.55. The molecule has 4 aromatic rings. The van der Waals surface area contributed by atoms with Crippen molar-refractivity contribution in [3.63, 3.8) is 0 Å². The Hall–Kier alpha value is -4.42. The highest BCUT2D eigenvalue weighted by molar-refractivity contribution is 6.34. The molecule has 9 heteroatoms. The van der Waals surface area contributed by atoms with Gasteiger partial charge in [-0.1, -0.05) is 53.6 Å². The SMILES string of the molecule is Cc1ccc(C(C)NCc2ccc(-c3ccc(Cl)c(C(=O)N[C@@H](CNCC4CCN(C=O)CC4)Cc4ccc(C#N)cc4)c3)o2)cc1. The predicted molar refractivity (Wildman–Crippen MR) is 185 cm³/mol. The standard InChI is InChI=1S/C38H42ClN5O3/c1-26-3-9-31(10-4-26)27(2)42-24-34-12-14-37(47-34)32-11-13-36(39)35(20-32)38(46)43-33(19-28-5-7-29(21-40)8-6-28)23-41-22-30-15-17-44(25-45)18-16-30/h3-14,20,25,27,30,33,41-42H,15-19,22-24H2,1-2H3,(H,43,46)/t27?,33-/m1/s1. The highest BCUT2D eigenvalue weighted by Crippen LogP contribution is 2.28. The van der Waals surface area contributed by atoms with Gasteiger partial charge in [-0.05, 0) is 99.2 Å². The second kappa shape index (κ2) is 16.4. The Morgan fingerprint density at radius 1 is 1.06 bits per heavy atom. The second-order valence-corrected chi connectivity index (χ2v) is 12.8. The van der Waals surface area contributed by atoms with Crippen molar-refractivity contribution in [2.75, 3.05) is 26.2 Å². The quantitative estimate of drug-likeness (QED) is 0.136. The Bertz CT molecular complexity index is 1670. The van der Waals surface area contributed by atoms with Crippen LogP contribution < -0.4 is 16.0 Å². The first kappa shape index (κ1) is 33.9. The van der Waals surface area contributed by atoms with Crippen molar-refractivity contribution in [1.29, 1.82) is 5.26 Å². The number of likely N-dealkylation sites (tertiary alicyclic amines) is 1. The Kier molecular flexibility index (Phi) is 11.9. The fraction of sp³-hybridized carbons (Fsp3) is 0.342. The number of amides is 2. The lowest BCUT2D eigenvalue weighted by Gasteiger charge is -2.30. The molecule has 2 heterocycles. The molecule has 1 aliphatic rings. The summed E-state index contributed by atoms with van der Waals surface area (Å²) in [6.07, 6.45) is 3.41. The van der Waals surface area contributed by atoms with Crippen molar-refractivity contribution in [3.8, 4) is 17.4 Å². The highest BCUT2D eigenvalue weighted by atomic mass is 35.5. The van der Waals surface area contributed by atoms with Crippen LogP contribution in [0.2, 0.25) is 5.02 Å². The van der Waals surface area contributed by atoms with Gasteiger partial charge in [0.25, 0.3) is 5.91 Å². The van der Waals surface area contributed by atoms with Gasteiger partial charge in [-0.15, -0.1) is 0 Å². The Morgan fingerprint density at radius 3 is 2.51 bits per heavy atom. The maximum Gasteiger partial charge on any atom is 0.253 e. The number of nitriles is 1. The lowest BCUT2D eigenvalue weighted by atomic mass is 9.97. The zero-order valence-electron chi connectivity index (χ0n) is 27.0. The maximum atomic E-state index is 13.7. The number of benzene rings is 3. The molecule has 1 aliphatic heterocycles. The summed E-state index contributed by atoms with van der Waals surface area (Å²) in [6.45, 7) is 7.69. The summed E-state index contributed by atoms with van der Waals surface area (Å²) in [4.78, 5) is 26.6. The first-order valence-electron chi connectivity index (χ1n) is 16.2. The number of rotatable bonds is 14. The van der Waals surface area contributed by atoms with Crippen molar-refractivity contribution in [2.24, 2.45) is 5.92 Å². The van der Waals surface area contributed by atoms with Crippen LogP contribution in [0.5, 0.6) is 0 Å². The van der Waals surface area contributed by atoms with E-state index in [1.165, 1.54) is 11.1 Å². The van der Waals surface area contributed by atoms with Crippen LogP contribution in [-0.2, 0) is 17.8 Å². The molecule has 3 aromatic carbocycles. The molecule has 244 valence electrons. The van der Waals surface area contributed by atoms with Gasteiger partial charge < -0.3 is 25.3 Å². The average Bonchev–Trinajstić information content (AvgIpc) is 3.57. The van der Waals surface area contributed by atoms with Crippen LogP contribution in [0.25, 0.3) is 11.3 Å². The summed E-state index contributed by atoms with van der Waals surface area (Å²) < 4.78 is 6.16. The number of carbonyl (C=O) groups excluding carboxylic acids is 2. The number of nitrogens with zero attached hydrogens (tertiary/aromatic N) is 2. The van der Waals surface area contributed by atoms with Gasteiger partial charge in [0, 0.05) is 37.3 Å². The fourth-order valence-electron chi connectivity index (χ4n) is 5.87. The van der Waals surface area contributed by atoms with Crippen LogP contribution in [0, 0.1) is 24.2 Å². The predicted octanol–water partition coefficient (Wildman–Crippen LogP) is 6.43. The topological polar surface area (TPSA) is 110 Å². The fourth-order valence-corrected chi connectivity index (χ4v) is 6.07. The van der Waals surface area contributed by atoms with Gasteiger partial charge in [-0.25, -0.2) is 0 Å². The van der Waals surface area contributed by atoms with Gasteiger partial charge in [0.05, 0.1) is 28.8 Å². The van der Waals surface area contributed by atoms with E-state index >= 15 is 0 Å². The summed E-state index contributed by atoms with van der Waals surface area (Å²) in [6, 6.07) is 27.2. The molecule has 2 atom stereocenters. The number of piperidine rings is 1. The van der Waals surface area contributed by atoms with E-state index in [9.17, 15) is 14.9 Å². The summed E-state index contributed by atoms with van der Waals surface area (Å²) in [5.41, 5.74) is 5.19. The number of furan rings is 1. The number of nitrogens with one attached hydrogen (secondary N) is 3. The molecule has 5 rings (SSSR count). The molecular formula is C38H42ClN5O3.